The number of aromatic nitrogens is 2. The highest BCUT2D eigenvalue weighted by molar-refractivity contribution is 7.99. The molecule has 0 aliphatic carbocycles. The predicted octanol–water partition coefficient (Wildman–Crippen LogP) is 5.65. The lowest BCUT2D eigenvalue weighted by molar-refractivity contribution is -0.113. The van der Waals surface area contributed by atoms with E-state index in [1.54, 1.807) is 0 Å². The van der Waals surface area contributed by atoms with Crippen LogP contribution in [0.1, 0.15) is 25.3 Å². The molecule has 27 heavy (non-hydrogen) atoms. The molecule has 0 unspecified atom stereocenters. The van der Waals surface area contributed by atoms with Crippen LogP contribution in [0.4, 0.5) is 5.69 Å². The molecule has 0 radical (unpaired) electrons. The average Bonchev–Trinajstić information content (AvgIpc) is 2.68. The van der Waals surface area contributed by atoms with Crippen molar-refractivity contribution in [3.8, 4) is 11.3 Å². The number of hydrogen-bond donors (Lipinski definition) is 1. The van der Waals surface area contributed by atoms with E-state index in [0.29, 0.717) is 16.0 Å². The van der Waals surface area contributed by atoms with Gasteiger partial charge in [0, 0.05) is 16.3 Å². The largest absolute Gasteiger partial charge is 0.325 e. The maximum Gasteiger partial charge on any atom is 0.234 e. The topological polar surface area (TPSA) is 54.9 Å². The van der Waals surface area contributed by atoms with Crippen molar-refractivity contribution < 1.29 is 4.79 Å². The highest BCUT2D eigenvalue weighted by atomic mass is 35.5. The number of thioether (sulfide) groups is 1. The van der Waals surface area contributed by atoms with Gasteiger partial charge in [-0.25, -0.2) is 0 Å². The molecule has 1 heterocycles. The van der Waals surface area contributed by atoms with E-state index in [-0.39, 0.29) is 11.7 Å². The van der Waals surface area contributed by atoms with Gasteiger partial charge in [-0.3, -0.25) is 4.79 Å². The molecular weight excluding hydrogens is 378 g/mol. The Hall–Kier alpha value is -2.37. The van der Waals surface area contributed by atoms with Crippen LogP contribution in [0, 0.1) is 0 Å². The van der Waals surface area contributed by atoms with Gasteiger partial charge < -0.3 is 5.32 Å². The van der Waals surface area contributed by atoms with Crippen LogP contribution in [-0.2, 0) is 4.79 Å². The highest BCUT2D eigenvalue weighted by Crippen LogP contribution is 2.22. The first kappa shape index (κ1) is 19.4. The third kappa shape index (κ3) is 5.55. The Morgan fingerprint density at radius 1 is 1.00 bits per heavy atom. The Bertz CT molecular complexity index is 894. The number of anilines is 1. The fraction of sp³-hybridized carbons (Fsp3) is 0.190. The van der Waals surface area contributed by atoms with Gasteiger partial charge in [-0.1, -0.05) is 61.5 Å². The normalized spacial score (nSPS) is 10.8. The van der Waals surface area contributed by atoms with Crippen molar-refractivity contribution in [2.45, 2.75) is 24.8 Å². The lowest BCUT2D eigenvalue weighted by Crippen LogP contribution is -2.14. The second-order valence-electron chi connectivity index (χ2n) is 6.38. The maximum absolute atomic E-state index is 12.1. The summed E-state index contributed by atoms with van der Waals surface area (Å²) in [5.74, 6) is 0.682. The van der Waals surface area contributed by atoms with Crippen molar-refractivity contribution in [1.29, 1.82) is 0 Å². The monoisotopic (exact) mass is 397 g/mol. The van der Waals surface area contributed by atoms with Gasteiger partial charge in [0.05, 0.1) is 11.4 Å². The van der Waals surface area contributed by atoms with Gasteiger partial charge in [0.15, 0.2) is 0 Å². The van der Waals surface area contributed by atoms with Crippen LogP contribution in [-0.4, -0.2) is 21.9 Å². The van der Waals surface area contributed by atoms with Crippen LogP contribution >= 0.6 is 23.4 Å². The first-order chi connectivity index (χ1) is 13.0. The lowest BCUT2D eigenvalue weighted by Gasteiger charge is -2.08. The van der Waals surface area contributed by atoms with Gasteiger partial charge >= 0.3 is 0 Å². The van der Waals surface area contributed by atoms with E-state index in [9.17, 15) is 4.79 Å². The molecule has 0 aliphatic heterocycles. The number of amides is 1. The maximum atomic E-state index is 12.1. The lowest BCUT2D eigenvalue weighted by atomic mass is 10.0. The van der Waals surface area contributed by atoms with Crippen molar-refractivity contribution >= 4 is 35.0 Å². The van der Waals surface area contributed by atoms with E-state index in [2.05, 4.69) is 29.4 Å². The second kappa shape index (κ2) is 9.02. The van der Waals surface area contributed by atoms with Crippen molar-refractivity contribution in [3.05, 3.63) is 71.2 Å². The van der Waals surface area contributed by atoms with Crippen LogP contribution < -0.4 is 5.32 Å². The number of halogens is 1. The number of carbonyl (C=O) groups excluding carboxylic acids is 1. The number of nitrogens with one attached hydrogen (secondary N) is 1. The molecule has 0 aliphatic rings. The molecule has 138 valence electrons. The average molecular weight is 398 g/mol. The molecule has 2 aromatic carbocycles. The molecule has 1 aromatic heterocycles. The SMILES string of the molecule is CC(C)c1ccc(NC(=O)CSc2ccc(-c3ccc(Cl)cc3)nn2)cc1. The van der Waals surface area contributed by atoms with Crippen LogP contribution in [0.15, 0.2) is 65.7 Å². The third-order valence-electron chi connectivity index (χ3n) is 3.99. The molecule has 0 atom stereocenters. The van der Waals surface area contributed by atoms with E-state index < -0.39 is 0 Å². The molecule has 0 spiro atoms. The third-order valence-corrected chi connectivity index (χ3v) is 5.16. The molecule has 4 nitrogen and oxygen atoms in total. The Labute approximate surface area is 168 Å². The van der Waals surface area contributed by atoms with Crippen LogP contribution in [0.2, 0.25) is 5.02 Å². The van der Waals surface area contributed by atoms with Crippen molar-refractivity contribution in [3.63, 3.8) is 0 Å². The molecule has 1 amide bonds. The Kier molecular flexibility index (Phi) is 6.48. The fourth-order valence-electron chi connectivity index (χ4n) is 2.46. The van der Waals surface area contributed by atoms with E-state index in [1.807, 2.05) is 60.7 Å². The zero-order chi connectivity index (χ0) is 19.2. The van der Waals surface area contributed by atoms with E-state index in [4.69, 9.17) is 11.6 Å². The molecule has 0 bridgehead atoms. The summed E-state index contributed by atoms with van der Waals surface area (Å²) in [6, 6.07) is 19.1. The van der Waals surface area contributed by atoms with Crippen molar-refractivity contribution in [2.24, 2.45) is 0 Å². The summed E-state index contributed by atoms with van der Waals surface area (Å²) in [6.07, 6.45) is 0. The van der Waals surface area contributed by atoms with Crippen molar-refractivity contribution in [2.75, 3.05) is 11.1 Å². The van der Waals surface area contributed by atoms with Gasteiger partial charge in [-0.15, -0.1) is 10.2 Å². The van der Waals surface area contributed by atoms with Crippen LogP contribution in [0.5, 0.6) is 0 Å². The number of rotatable bonds is 6. The summed E-state index contributed by atoms with van der Waals surface area (Å²) in [4.78, 5) is 12.1. The van der Waals surface area contributed by atoms with Gasteiger partial charge in [-0.2, -0.15) is 0 Å². The summed E-state index contributed by atoms with van der Waals surface area (Å²) in [5.41, 5.74) is 3.77. The summed E-state index contributed by atoms with van der Waals surface area (Å²) in [5, 5.41) is 12.7. The predicted molar refractivity (Wildman–Crippen MR) is 112 cm³/mol. The van der Waals surface area contributed by atoms with Crippen LogP contribution in [0.3, 0.4) is 0 Å². The number of benzene rings is 2. The van der Waals surface area contributed by atoms with E-state index in [1.165, 1.54) is 17.3 Å². The Morgan fingerprint density at radius 2 is 1.70 bits per heavy atom. The van der Waals surface area contributed by atoms with E-state index in [0.717, 1.165) is 16.9 Å². The zero-order valence-corrected chi connectivity index (χ0v) is 16.7. The Morgan fingerprint density at radius 3 is 2.30 bits per heavy atom. The number of hydrogen-bond acceptors (Lipinski definition) is 4. The number of carbonyl (C=O) groups is 1. The molecule has 0 saturated carbocycles. The summed E-state index contributed by atoms with van der Waals surface area (Å²) < 4.78 is 0. The van der Waals surface area contributed by atoms with Gasteiger partial charge in [-0.05, 0) is 47.9 Å². The van der Waals surface area contributed by atoms with Gasteiger partial charge in [0.1, 0.15) is 5.03 Å². The molecular formula is C21H20ClN3OS. The quantitative estimate of drug-likeness (QED) is 0.546. The minimum Gasteiger partial charge on any atom is -0.325 e. The summed E-state index contributed by atoms with van der Waals surface area (Å²) in [6.45, 7) is 4.28. The molecule has 0 saturated heterocycles. The van der Waals surface area contributed by atoms with E-state index >= 15 is 0 Å². The molecule has 3 aromatic rings. The van der Waals surface area contributed by atoms with Crippen LogP contribution in [0.25, 0.3) is 11.3 Å². The molecule has 0 fully saturated rings. The Balaban J connectivity index is 1.53. The molecule has 1 N–H and O–H groups in total. The minimum atomic E-state index is -0.0686. The van der Waals surface area contributed by atoms with Crippen molar-refractivity contribution in [1.82, 2.24) is 10.2 Å². The molecule has 6 heteroatoms. The smallest absolute Gasteiger partial charge is 0.234 e. The van der Waals surface area contributed by atoms with Gasteiger partial charge in [0.25, 0.3) is 0 Å². The second-order valence-corrected chi connectivity index (χ2v) is 7.81. The standard InChI is InChI=1S/C21H20ClN3OS/c1-14(2)15-5-9-18(10-6-15)23-20(26)13-27-21-12-11-19(24-25-21)16-3-7-17(22)8-4-16/h3-12,14H,13H2,1-2H3,(H,23,26). The first-order valence-corrected chi connectivity index (χ1v) is 10.00. The molecule has 3 rings (SSSR count). The summed E-state index contributed by atoms with van der Waals surface area (Å²) in [7, 11) is 0. The summed E-state index contributed by atoms with van der Waals surface area (Å²) >= 11 is 7.25. The van der Waals surface area contributed by atoms with Gasteiger partial charge in [0.2, 0.25) is 5.91 Å². The number of nitrogens with zero attached hydrogens (tertiary/aromatic N) is 2. The minimum absolute atomic E-state index is 0.0686. The zero-order valence-electron chi connectivity index (χ0n) is 15.1. The first-order valence-electron chi connectivity index (χ1n) is 8.63. The highest BCUT2D eigenvalue weighted by Gasteiger charge is 2.07. The fourth-order valence-corrected chi connectivity index (χ4v) is 3.20.